The highest BCUT2D eigenvalue weighted by atomic mass is 32.1. The second kappa shape index (κ2) is 15.5. The maximum Gasteiger partial charge on any atom is 0.293 e. The van der Waals surface area contributed by atoms with Gasteiger partial charge in [0.05, 0.1) is 30.4 Å². The monoisotopic (exact) mass is 684 g/mol. The Morgan fingerprint density at radius 1 is 1.08 bits per heavy atom. The van der Waals surface area contributed by atoms with Gasteiger partial charge in [-0.25, -0.2) is 4.98 Å². The molecule has 2 aromatic heterocycles. The second-order valence-electron chi connectivity index (χ2n) is 12.7. The number of hydrogen-bond acceptors (Lipinski definition) is 9. The number of aliphatic hydroxyl groups is 1. The average Bonchev–Trinajstić information content (AvgIpc) is 3.39. The third-order valence-corrected chi connectivity index (χ3v) is 10.6. The van der Waals surface area contributed by atoms with Crippen molar-refractivity contribution in [3.63, 3.8) is 0 Å². The summed E-state index contributed by atoms with van der Waals surface area (Å²) in [5.41, 5.74) is 5.40. The number of aromatic nitrogens is 2. The van der Waals surface area contributed by atoms with Crippen LogP contribution >= 0.6 is 11.3 Å². The van der Waals surface area contributed by atoms with E-state index in [9.17, 15) is 19.5 Å². The molecule has 12 heteroatoms. The topological polar surface area (TPSA) is 129 Å². The van der Waals surface area contributed by atoms with Crippen LogP contribution < -0.4 is 16.2 Å². The van der Waals surface area contributed by atoms with E-state index in [0.717, 1.165) is 34.4 Å². The molecule has 1 saturated heterocycles. The first-order valence-corrected chi connectivity index (χ1v) is 17.7. The van der Waals surface area contributed by atoms with Crippen molar-refractivity contribution in [1.82, 2.24) is 19.4 Å². The standard InChI is InChI=1S/C37H44N6O5S/c1-24-28(9-7-10-29(24)40-35(45)32-22-26-8-5-4-6-11-31(26)49-32)30-23-42(3)37(47)34(39-30)38-27-14-12-25(13-15-27)33(36(46)41(2)16-19-44)43-17-20-48-21-18-43/h7,9-10,12-15,22-23,33,44H,4-6,8,11,16-21H2,1-3H3,(H,38,39)(H,40,45). The Balaban J connectivity index is 1.22. The summed E-state index contributed by atoms with van der Waals surface area (Å²) in [6.45, 7) is 4.41. The summed E-state index contributed by atoms with van der Waals surface area (Å²) < 4.78 is 7.01. The van der Waals surface area contributed by atoms with Gasteiger partial charge in [0.2, 0.25) is 5.91 Å². The molecule has 0 spiro atoms. The number of aliphatic hydroxyl groups excluding tert-OH is 1. The molecule has 11 nitrogen and oxygen atoms in total. The van der Waals surface area contributed by atoms with Crippen LogP contribution in [-0.4, -0.2) is 82.8 Å². The zero-order chi connectivity index (χ0) is 34.5. The Morgan fingerprint density at radius 2 is 1.84 bits per heavy atom. The Bertz CT molecular complexity index is 1840. The number of hydrogen-bond donors (Lipinski definition) is 3. The van der Waals surface area contributed by atoms with Crippen molar-refractivity contribution in [2.75, 3.05) is 57.1 Å². The first-order valence-electron chi connectivity index (χ1n) is 16.9. The fourth-order valence-electron chi connectivity index (χ4n) is 6.53. The summed E-state index contributed by atoms with van der Waals surface area (Å²) in [5, 5.41) is 15.7. The molecule has 2 aromatic carbocycles. The average molecular weight is 685 g/mol. The van der Waals surface area contributed by atoms with Gasteiger partial charge in [-0.05, 0) is 73.6 Å². The normalized spacial score (nSPS) is 15.6. The lowest BCUT2D eigenvalue weighted by atomic mass is 10.0. The molecule has 2 aliphatic rings. The Hall–Kier alpha value is -4.36. The van der Waals surface area contributed by atoms with Gasteiger partial charge in [-0.15, -0.1) is 11.3 Å². The third-order valence-electron chi connectivity index (χ3n) is 9.34. The molecule has 2 amide bonds. The molecular formula is C37H44N6O5S. The van der Waals surface area contributed by atoms with Crippen LogP contribution in [0.1, 0.15) is 56.5 Å². The van der Waals surface area contributed by atoms with E-state index in [1.807, 2.05) is 49.4 Å². The number of nitrogens with zero attached hydrogens (tertiary/aromatic N) is 4. The van der Waals surface area contributed by atoms with E-state index in [2.05, 4.69) is 21.6 Å². The number of rotatable bonds is 10. The van der Waals surface area contributed by atoms with Gasteiger partial charge in [-0.2, -0.15) is 0 Å². The molecule has 49 heavy (non-hydrogen) atoms. The van der Waals surface area contributed by atoms with E-state index in [0.29, 0.717) is 43.4 Å². The van der Waals surface area contributed by atoms with E-state index in [1.54, 1.807) is 36.5 Å². The van der Waals surface area contributed by atoms with Gasteiger partial charge in [0.1, 0.15) is 6.04 Å². The lowest BCUT2D eigenvalue weighted by molar-refractivity contribution is -0.138. The highest BCUT2D eigenvalue weighted by molar-refractivity contribution is 7.14. The number of likely N-dealkylation sites (N-methyl/N-ethyl adjacent to an activating group) is 1. The summed E-state index contributed by atoms with van der Waals surface area (Å²) in [6.07, 6.45) is 7.34. The Kier molecular flexibility index (Phi) is 10.9. The molecule has 4 aromatic rings. The maximum absolute atomic E-state index is 13.4. The van der Waals surface area contributed by atoms with Crippen LogP contribution in [0.3, 0.4) is 0 Å². The van der Waals surface area contributed by atoms with E-state index >= 15 is 0 Å². The molecule has 1 unspecified atom stereocenters. The SMILES string of the molecule is Cc1c(NC(=O)c2cc3c(s2)CCCCC3)cccc1-c1cn(C)c(=O)c(Nc2ccc(C(C(=O)N(C)CCO)N3CCOCC3)cc2)n1. The van der Waals surface area contributed by atoms with Gasteiger partial charge in [0, 0.05) is 61.7 Å². The molecule has 1 aliphatic carbocycles. The van der Waals surface area contributed by atoms with Gasteiger partial charge in [-0.3, -0.25) is 19.3 Å². The minimum atomic E-state index is -0.519. The van der Waals surface area contributed by atoms with Crippen LogP contribution in [0, 0.1) is 6.92 Å². The zero-order valence-corrected chi connectivity index (χ0v) is 29.1. The first kappa shape index (κ1) is 34.5. The number of anilines is 3. The smallest absolute Gasteiger partial charge is 0.293 e. The Labute approximate surface area is 290 Å². The molecule has 0 bridgehead atoms. The van der Waals surface area contributed by atoms with Crippen LogP contribution in [0.25, 0.3) is 11.3 Å². The van der Waals surface area contributed by atoms with Crippen LogP contribution in [0.2, 0.25) is 0 Å². The van der Waals surface area contributed by atoms with Crippen molar-refractivity contribution in [3.05, 3.63) is 91.5 Å². The van der Waals surface area contributed by atoms with Crippen molar-refractivity contribution in [1.29, 1.82) is 0 Å². The first-order chi connectivity index (χ1) is 23.7. The number of carbonyl (C=O) groups is 2. The maximum atomic E-state index is 13.4. The lowest BCUT2D eigenvalue weighted by Gasteiger charge is -2.35. The number of fused-ring (bicyclic) bond motifs is 1. The summed E-state index contributed by atoms with van der Waals surface area (Å²) in [5.74, 6) is -0.0566. The van der Waals surface area contributed by atoms with E-state index in [1.165, 1.54) is 34.3 Å². The summed E-state index contributed by atoms with van der Waals surface area (Å²) in [6, 6.07) is 14.7. The minimum absolute atomic E-state index is 0.0985. The third kappa shape index (κ3) is 7.78. The molecule has 258 valence electrons. The molecular weight excluding hydrogens is 641 g/mol. The fraction of sp³-hybridized carbons (Fsp3) is 0.405. The Morgan fingerprint density at radius 3 is 2.59 bits per heavy atom. The van der Waals surface area contributed by atoms with Gasteiger partial charge in [-0.1, -0.05) is 30.7 Å². The molecule has 3 N–H and O–H groups in total. The number of aryl methyl sites for hydroxylation is 3. The van der Waals surface area contributed by atoms with Crippen molar-refractivity contribution in [2.45, 2.75) is 45.1 Å². The van der Waals surface area contributed by atoms with Crippen LogP contribution in [0.4, 0.5) is 17.2 Å². The molecule has 1 aliphatic heterocycles. The predicted molar refractivity (Wildman–Crippen MR) is 193 cm³/mol. The quantitative estimate of drug-likeness (QED) is 0.201. The van der Waals surface area contributed by atoms with Crippen molar-refractivity contribution in [2.24, 2.45) is 7.05 Å². The molecule has 1 atom stereocenters. The second-order valence-corrected chi connectivity index (χ2v) is 13.9. The molecule has 3 heterocycles. The highest BCUT2D eigenvalue weighted by Gasteiger charge is 2.31. The number of amides is 2. The summed E-state index contributed by atoms with van der Waals surface area (Å²) in [4.78, 5) is 50.4. The van der Waals surface area contributed by atoms with E-state index < -0.39 is 6.04 Å². The van der Waals surface area contributed by atoms with Gasteiger partial charge in [0.25, 0.3) is 11.5 Å². The summed E-state index contributed by atoms with van der Waals surface area (Å²) in [7, 11) is 3.38. The number of thiophene rings is 1. The minimum Gasteiger partial charge on any atom is -0.395 e. The lowest BCUT2D eigenvalue weighted by Crippen LogP contribution is -2.46. The van der Waals surface area contributed by atoms with Gasteiger partial charge < -0.3 is 29.9 Å². The highest BCUT2D eigenvalue weighted by Crippen LogP contribution is 2.32. The number of carbonyl (C=O) groups excluding carboxylic acids is 2. The predicted octanol–water partition coefficient (Wildman–Crippen LogP) is 4.91. The molecule has 1 fully saturated rings. The largest absolute Gasteiger partial charge is 0.395 e. The number of benzene rings is 2. The zero-order valence-electron chi connectivity index (χ0n) is 28.3. The van der Waals surface area contributed by atoms with E-state index in [-0.39, 0.29) is 36.3 Å². The van der Waals surface area contributed by atoms with Crippen molar-refractivity contribution in [3.8, 4) is 11.3 Å². The summed E-state index contributed by atoms with van der Waals surface area (Å²) >= 11 is 1.60. The number of nitrogens with one attached hydrogen (secondary N) is 2. The fourth-order valence-corrected chi connectivity index (χ4v) is 7.68. The van der Waals surface area contributed by atoms with Crippen molar-refractivity contribution < 1.29 is 19.4 Å². The van der Waals surface area contributed by atoms with Crippen LogP contribution in [0.5, 0.6) is 0 Å². The number of ether oxygens (including phenoxy) is 1. The van der Waals surface area contributed by atoms with Gasteiger partial charge in [0.15, 0.2) is 5.82 Å². The molecule has 0 radical (unpaired) electrons. The molecule has 0 saturated carbocycles. The van der Waals surface area contributed by atoms with Crippen molar-refractivity contribution >= 4 is 40.3 Å². The number of morpholine rings is 1. The van der Waals surface area contributed by atoms with Crippen LogP contribution in [-0.2, 0) is 29.4 Å². The van der Waals surface area contributed by atoms with Crippen LogP contribution in [0.15, 0.2) is 59.5 Å². The molecule has 6 rings (SSSR count). The van der Waals surface area contributed by atoms with E-state index in [4.69, 9.17) is 9.72 Å². The van der Waals surface area contributed by atoms with Gasteiger partial charge >= 0.3 is 0 Å².